The molecular weight excluding hydrogens is 230 g/mol. The van der Waals surface area contributed by atoms with Crippen LogP contribution in [0.25, 0.3) is 0 Å². The van der Waals surface area contributed by atoms with E-state index in [9.17, 15) is 0 Å². The number of rotatable bonds is 5. The van der Waals surface area contributed by atoms with Gasteiger partial charge in [0.15, 0.2) is 0 Å². The maximum Gasteiger partial charge on any atom is 0.139 e. The summed E-state index contributed by atoms with van der Waals surface area (Å²) in [6.45, 7) is 4.06. The summed E-state index contributed by atoms with van der Waals surface area (Å²) < 4.78 is 16.5. The molecule has 0 saturated carbocycles. The van der Waals surface area contributed by atoms with E-state index in [0.29, 0.717) is 0 Å². The van der Waals surface area contributed by atoms with Gasteiger partial charge in [-0.3, -0.25) is 4.90 Å². The molecule has 0 radical (unpaired) electrons. The molecule has 1 atom stereocenters. The molecule has 4 heteroatoms. The van der Waals surface area contributed by atoms with Crippen LogP contribution >= 0.6 is 0 Å². The minimum atomic E-state index is -0.159. The van der Waals surface area contributed by atoms with Crippen molar-refractivity contribution in [1.82, 2.24) is 4.90 Å². The molecule has 0 aliphatic rings. The Balaban J connectivity index is 3.45. The smallest absolute Gasteiger partial charge is 0.139 e. The second kappa shape index (κ2) is 6.07. The van der Waals surface area contributed by atoms with Gasteiger partial charge in [-0.15, -0.1) is 0 Å². The van der Waals surface area contributed by atoms with Crippen molar-refractivity contribution in [3.05, 3.63) is 22.8 Å². The fourth-order valence-corrected chi connectivity index (χ4v) is 2.17. The second-order valence-electron chi connectivity index (χ2n) is 4.50. The highest BCUT2D eigenvalue weighted by Gasteiger charge is 2.22. The van der Waals surface area contributed by atoms with E-state index in [-0.39, 0.29) is 6.23 Å². The highest BCUT2D eigenvalue weighted by molar-refractivity contribution is 5.53. The van der Waals surface area contributed by atoms with Gasteiger partial charge in [0.2, 0.25) is 0 Å². The quantitative estimate of drug-likeness (QED) is 0.755. The Morgan fingerprint density at radius 1 is 1.00 bits per heavy atom. The lowest BCUT2D eigenvalue weighted by Gasteiger charge is -2.26. The summed E-state index contributed by atoms with van der Waals surface area (Å²) in [6.07, 6.45) is -0.159. The first-order valence-corrected chi connectivity index (χ1v) is 5.89. The number of benzene rings is 1. The second-order valence-corrected chi connectivity index (χ2v) is 4.50. The van der Waals surface area contributed by atoms with Gasteiger partial charge in [0, 0.05) is 12.7 Å². The van der Waals surface area contributed by atoms with Crippen LogP contribution in [0.3, 0.4) is 0 Å². The monoisotopic (exact) mass is 253 g/mol. The van der Waals surface area contributed by atoms with Gasteiger partial charge >= 0.3 is 0 Å². The third-order valence-corrected chi connectivity index (χ3v) is 3.20. The average molecular weight is 253 g/mol. The zero-order chi connectivity index (χ0) is 13.9. The Labute approximate surface area is 109 Å². The first kappa shape index (κ1) is 14.8. The van der Waals surface area contributed by atoms with E-state index in [1.54, 1.807) is 21.3 Å². The number of nitrogens with zero attached hydrogens (tertiary/aromatic N) is 1. The van der Waals surface area contributed by atoms with Crippen molar-refractivity contribution in [1.29, 1.82) is 0 Å². The summed E-state index contributed by atoms with van der Waals surface area (Å²) in [5.74, 6) is 1.71. The van der Waals surface area contributed by atoms with Crippen LogP contribution in [0.4, 0.5) is 0 Å². The largest absolute Gasteiger partial charge is 0.496 e. The van der Waals surface area contributed by atoms with Gasteiger partial charge in [-0.05, 0) is 45.1 Å². The molecule has 0 N–H and O–H groups in total. The van der Waals surface area contributed by atoms with E-state index < -0.39 is 0 Å². The van der Waals surface area contributed by atoms with Crippen LogP contribution in [0.2, 0.25) is 0 Å². The fourth-order valence-electron chi connectivity index (χ4n) is 2.17. The summed E-state index contributed by atoms with van der Waals surface area (Å²) in [4.78, 5) is 1.99. The van der Waals surface area contributed by atoms with E-state index in [0.717, 1.165) is 28.2 Å². The van der Waals surface area contributed by atoms with Crippen molar-refractivity contribution in [2.45, 2.75) is 20.1 Å². The molecule has 0 aromatic heterocycles. The summed E-state index contributed by atoms with van der Waals surface area (Å²) in [7, 11) is 8.98. The Morgan fingerprint density at radius 2 is 1.61 bits per heavy atom. The molecule has 1 aromatic rings. The first-order valence-electron chi connectivity index (χ1n) is 5.89. The van der Waals surface area contributed by atoms with E-state index in [4.69, 9.17) is 14.2 Å². The van der Waals surface area contributed by atoms with Crippen LogP contribution in [-0.2, 0) is 4.74 Å². The van der Waals surface area contributed by atoms with Gasteiger partial charge in [-0.25, -0.2) is 0 Å². The SMILES string of the molecule is COc1cc(C(OC)N(C)C)c(OC)c(C)c1C. The van der Waals surface area contributed by atoms with Crippen molar-refractivity contribution in [2.24, 2.45) is 0 Å². The molecule has 0 spiro atoms. The van der Waals surface area contributed by atoms with Gasteiger partial charge in [0.1, 0.15) is 17.7 Å². The number of methoxy groups -OCH3 is 3. The van der Waals surface area contributed by atoms with Crippen LogP contribution in [0.1, 0.15) is 22.9 Å². The number of ether oxygens (including phenoxy) is 3. The maximum absolute atomic E-state index is 5.53. The molecule has 0 heterocycles. The van der Waals surface area contributed by atoms with E-state index >= 15 is 0 Å². The molecule has 0 saturated heterocycles. The van der Waals surface area contributed by atoms with E-state index in [1.165, 1.54) is 0 Å². The third-order valence-electron chi connectivity index (χ3n) is 3.20. The van der Waals surface area contributed by atoms with E-state index in [1.807, 2.05) is 38.9 Å². The molecule has 1 rings (SSSR count). The van der Waals surface area contributed by atoms with E-state index in [2.05, 4.69) is 0 Å². The zero-order valence-corrected chi connectivity index (χ0v) is 12.3. The highest BCUT2D eigenvalue weighted by atomic mass is 16.5. The Morgan fingerprint density at radius 3 is 2.00 bits per heavy atom. The predicted octanol–water partition coefficient (Wildman–Crippen LogP) is 2.53. The summed E-state index contributed by atoms with van der Waals surface area (Å²) in [6, 6.07) is 1.98. The van der Waals surface area contributed by atoms with Crippen molar-refractivity contribution in [3.8, 4) is 11.5 Å². The molecule has 0 fully saturated rings. The van der Waals surface area contributed by atoms with Crippen LogP contribution < -0.4 is 9.47 Å². The maximum atomic E-state index is 5.53. The topological polar surface area (TPSA) is 30.9 Å². The van der Waals surface area contributed by atoms with Crippen LogP contribution in [0.5, 0.6) is 11.5 Å². The minimum absolute atomic E-state index is 0.159. The fraction of sp³-hybridized carbons (Fsp3) is 0.571. The molecule has 18 heavy (non-hydrogen) atoms. The lowest BCUT2D eigenvalue weighted by Crippen LogP contribution is -2.22. The van der Waals surface area contributed by atoms with Gasteiger partial charge in [0.25, 0.3) is 0 Å². The number of hydrogen-bond donors (Lipinski definition) is 0. The number of hydrogen-bond acceptors (Lipinski definition) is 4. The Bertz CT molecular complexity index is 416. The minimum Gasteiger partial charge on any atom is -0.496 e. The molecule has 0 bridgehead atoms. The van der Waals surface area contributed by atoms with Gasteiger partial charge in [0.05, 0.1) is 14.2 Å². The van der Waals surface area contributed by atoms with Gasteiger partial charge < -0.3 is 14.2 Å². The molecule has 1 unspecified atom stereocenters. The van der Waals surface area contributed by atoms with Gasteiger partial charge in [-0.2, -0.15) is 0 Å². The molecule has 0 aliphatic carbocycles. The normalized spacial score (nSPS) is 12.7. The molecular formula is C14H23NO3. The van der Waals surface area contributed by atoms with Crippen LogP contribution in [-0.4, -0.2) is 40.3 Å². The molecule has 1 aromatic carbocycles. The Hall–Kier alpha value is -1.26. The molecule has 4 nitrogen and oxygen atoms in total. The summed E-state index contributed by atoms with van der Waals surface area (Å²) in [5.41, 5.74) is 3.15. The standard InChI is InChI=1S/C14H23NO3/c1-9-10(2)13(17-6)11(8-12(9)16-5)14(18-7)15(3)4/h8,14H,1-7H3. The van der Waals surface area contributed by atoms with Crippen molar-refractivity contribution in [2.75, 3.05) is 35.4 Å². The first-order chi connectivity index (χ1) is 8.47. The third kappa shape index (κ3) is 2.60. The van der Waals surface area contributed by atoms with Crippen molar-refractivity contribution in [3.63, 3.8) is 0 Å². The molecule has 102 valence electrons. The zero-order valence-electron chi connectivity index (χ0n) is 12.3. The molecule has 0 amide bonds. The van der Waals surface area contributed by atoms with Crippen LogP contribution in [0, 0.1) is 13.8 Å². The highest BCUT2D eigenvalue weighted by Crippen LogP contribution is 2.38. The Kier molecular flexibility index (Phi) is 4.99. The van der Waals surface area contributed by atoms with Crippen molar-refractivity contribution >= 4 is 0 Å². The summed E-state index contributed by atoms with van der Waals surface area (Å²) in [5, 5.41) is 0. The van der Waals surface area contributed by atoms with Crippen molar-refractivity contribution < 1.29 is 14.2 Å². The lowest BCUT2D eigenvalue weighted by molar-refractivity contribution is -0.00714. The van der Waals surface area contributed by atoms with Crippen LogP contribution in [0.15, 0.2) is 6.07 Å². The summed E-state index contributed by atoms with van der Waals surface area (Å²) >= 11 is 0. The molecule has 0 aliphatic heterocycles. The average Bonchev–Trinajstić information content (AvgIpc) is 2.34. The lowest BCUT2D eigenvalue weighted by atomic mass is 10.0. The predicted molar refractivity (Wildman–Crippen MR) is 72.5 cm³/mol. The van der Waals surface area contributed by atoms with Gasteiger partial charge in [-0.1, -0.05) is 0 Å².